The summed E-state index contributed by atoms with van der Waals surface area (Å²) in [5.74, 6) is 0.620. The fourth-order valence-corrected chi connectivity index (χ4v) is 4.44. The van der Waals surface area contributed by atoms with Crippen molar-refractivity contribution >= 4 is 16.9 Å². The van der Waals surface area contributed by atoms with Gasteiger partial charge in [-0.2, -0.15) is 0 Å². The van der Waals surface area contributed by atoms with Crippen LogP contribution in [0.3, 0.4) is 0 Å². The molecule has 0 N–H and O–H groups in total. The average Bonchev–Trinajstić information content (AvgIpc) is 2.86. The molecular formula is C28H33N3O4. The summed E-state index contributed by atoms with van der Waals surface area (Å²) in [6.45, 7) is 13.8. The van der Waals surface area contributed by atoms with Gasteiger partial charge in [-0.25, -0.2) is 4.79 Å². The molecule has 0 unspecified atom stereocenters. The number of fused-ring (bicyclic) bond motifs is 1. The zero-order chi connectivity index (χ0) is 24.9. The number of aromatic nitrogens is 1. The number of carbonyl (C=O) groups is 1. The summed E-state index contributed by atoms with van der Waals surface area (Å²) in [5.41, 5.74) is 4.01. The first-order valence-electron chi connectivity index (χ1n) is 12.1. The number of ether oxygens (including phenoxy) is 1. The Bertz CT molecular complexity index is 1270. The summed E-state index contributed by atoms with van der Waals surface area (Å²) in [7, 11) is 0. The van der Waals surface area contributed by atoms with Crippen LogP contribution in [0.4, 0.5) is 0 Å². The number of amides is 1. The molecule has 1 aliphatic heterocycles. The minimum absolute atomic E-state index is 0.0396. The molecule has 1 aromatic carbocycles. The lowest BCUT2D eigenvalue weighted by Crippen LogP contribution is -2.49. The second-order valence-electron chi connectivity index (χ2n) is 9.27. The number of pyridine rings is 1. The molecule has 2 aromatic heterocycles. The van der Waals surface area contributed by atoms with E-state index in [0.717, 1.165) is 53.8 Å². The highest BCUT2D eigenvalue weighted by Crippen LogP contribution is 2.30. The van der Waals surface area contributed by atoms with Crippen molar-refractivity contribution in [3.8, 4) is 5.75 Å². The molecular weight excluding hydrogens is 442 g/mol. The van der Waals surface area contributed by atoms with Crippen LogP contribution in [0.15, 0.2) is 57.9 Å². The Hall–Kier alpha value is -3.45. The van der Waals surface area contributed by atoms with Crippen LogP contribution in [0.2, 0.25) is 0 Å². The predicted octanol–water partition coefficient (Wildman–Crippen LogP) is 3.69. The number of carbonyl (C=O) groups excluding carboxylic acids is 1. The normalized spacial score (nSPS) is 14.3. The highest BCUT2D eigenvalue weighted by Gasteiger charge is 2.24. The minimum Gasteiger partial charge on any atom is -0.489 e. The Morgan fingerprint density at radius 2 is 1.89 bits per heavy atom. The zero-order valence-corrected chi connectivity index (χ0v) is 20.8. The molecule has 3 aromatic rings. The van der Waals surface area contributed by atoms with Crippen LogP contribution < -0.4 is 10.4 Å². The molecule has 1 aliphatic rings. The van der Waals surface area contributed by atoms with E-state index < -0.39 is 5.63 Å². The first-order valence-corrected chi connectivity index (χ1v) is 12.1. The Morgan fingerprint density at radius 1 is 1.11 bits per heavy atom. The van der Waals surface area contributed by atoms with Crippen molar-refractivity contribution in [2.75, 3.05) is 39.3 Å². The number of benzene rings is 1. The van der Waals surface area contributed by atoms with Crippen molar-refractivity contribution in [3.05, 3.63) is 81.5 Å². The van der Waals surface area contributed by atoms with Gasteiger partial charge in [0, 0.05) is 62.0 Å². The molecule has 0 spiro atoms. The molecule has 3 heterocycles. The van der Waals surface area contributed by atoms with E-state index in [9.17, 15) is 9.59 Å². The highest BCUT2D eigenvalue weighted by atomic mass is 16.5. The number of rotatable bonds is 8. The smallest absolute Gasteiger partial charge is 0.340 e. The van der Waals surface area contributed by atoms with E-state index in [1.165, 1.54) is 0 Å². The van der Waals surface area contributed by atoms with Crippen molar-refractivity contribution in [1.82, 2.24) is 14.8 Å². The van der Waals surface area contributed by atoms with Crippen molar-refractivity contribution in [1.29, 1.82) is 0 Å². The molecule has 1 fully saturated rings. The van der Waals surface area contributed by atoms with Crippen LogP contribution in [0.1, 0.15) is 29.3 Å². The van der Waals surface area contributed by atoms with Gasteiger partial charge in [0.1, 0.15) is 17.9 Å². The second kappa shape index (κ2) is 10.9. The molecule has 0 bridgehead atoms. The number of aryl methyl sites for hydroxylation is 2. The van der Waals surface area contributed by atoms with E-state index in [0.29, 0.717) is 36.6 Å². The van der Waals surface area contributed by atoms with Crippen molar-refractivity contribution in [3.63, 3.8) is 0 Å². The van der Waals surface area contributed by atoms with Crippen LogP contribution in [0.25, 0.3) is 11.0 Å². The lowest BCUT2D eigenvalue weighted by Gasteiger charge is -2.34. The van der Waals surface area contributed by atoms with E-state index in [4.69, 9.17) is 9.15 Å². The summed E-state index contributed by atoms with van der Waals surface area (Å²) in [6, 6.07) is 9.73. The van der Waals surface area contributed by atoms with Gasteiger partial charge >= 0.3 is 5.63 Å². The van der Waals surface area contributed by atoms with Crippen LogP contribution in [0, 0.1) is 13.8 Å². The number of hydrogen-bond acceptors (Lipinski definition) is 6. The van der Waals surface area contributed by atoms with Gasteiger partial charge in [0.25, 0.3) is 0 Å². The van der Waals surface area contributed by atoms with Crippen LogP contribution in [0.5, 0.6) is 5.75 Å². The largest absolute Gasteiger partial charge is 0.489 e. The first-order chi connectivity index (χ1) is 16.8. The predicted molar refractivity (Wildman–Crippen MR) is 137 cm³/mol. The summed E-state index contributed by atoms with van der Waals surface area (Å²) in [4.78, 5) is 34.5. The Kier molecular flexibility index (Phi) is 7.66. The molecule has 35 heavy (non-hydrogen) atoms. The minimum atomic E-state index is -0.461. The monoisotopic (exact) mass is 475 g/mol. The van der Waals surface area contributed by atoms with Gasteiger partial charge in [-0.05, 0) is 56.2 Å². The zero-order valence-electron chi connectivity index (χ0n) is 20.8. The maximum absolute atomic E-state index is 13.1. The summed E-state index contributed by atoms with van der Waals surface area (Å²) in [6.07, 6.45) is 2.76. The summed E-state index contributed by atoms with van der Waals surface area (Å²) < 4.78 is 11.5. The first kappa shape index (κ1) is 24.7. The molecule has 7 nitrogen and oxygen atoms in total. The Morgan fingerprint density at radius 3 is 2.57 bits per heavy atom. The number of nitrogens with zero attached hydrogens (tertiary/aromatic N) is 3. The Balaban J connectivity index is 1.41. The van der Waals surface area contributed by atoms with Gasteiger partial charge in [0.2, 0.25) is 5.91 Å². The fourth-order valence-electron chi connectivity index (χ4n) is 4.44. The van der Waals surface area contributed by atoms with E-state index >= 15 is 0 Å². The van der Waals surface area contributed by atoms with Gasteiger partial charge in [0.15, 0.2) is 0 Å². The van der Waals surface area contributed by atoms with Crippen LogP contribution >= 0.6 is 0 Å². The van der Waals surface area contributed by atoms with Crippen LogP contribution in [-0.2, 0) is 17.6 Å². The van der Waals surface area contributed by atoms with Crippen molar-refractivity contribution < 1.29 is 13.9 Å². The van der Waals surface area contributed by atoms with Gasteiger partial charge < -0.3 is 14.1 Å². The average molecular weight is 476 g/mol. The molecule has 0 saturated carbocycles. The second-order valence-corrected chi connectivity index (χ2v) is 9.27. The van der Waals surface area contributed by atoms with Gasteiger partial charge in [-0.3, -0.25) is 14.7 Å². The molecule has 1 amide bonds. The van der Waals surface area contributed by atoms with Crippen molar-refractivity contribution in [2.45, 2.75) is 33.6 Å². The van der Waals surface area contributed by atoms with Gasteiger partial charge in [0.05, 0.1) is 12.0 Å². The maximum atomic E-state index is 13.1. The van der Waals surface area contributed by atoms with Crippen LogP contribution in [-0.4, -0.2) is 60.0 Å². The molecule has 0 radical (unpaired) electrons. The molecule has 0 aliphatic carbocycles. The third-order valence-corrected chi connectivity index (χ3v) is 6.59. The van der Waals surface area contributed by atoms with E-state index in [1.807, 2.05) is 62.2 Å². The van der Waals surface area contributed by atoms with Gasteiger partial charge in [-0.1, -0.05) is 12.6 Å². The van der Waals surface area contributed by atoms with E-state index in [-0.39, 0.29) is 12.3 Å². The van der Waals surface area contributed by atoms with Gasteiger partial charge in [-0.15, -0.1) is 0 Å². The lowest BCUT2D eigenvalue weighted by molar-refractivity contribution is -0.132. The summed E-state index contributed by atoms with van der Waals surface area (Å²) >= 11 is 0. The third kappa shape index (κ3) is 5.80. The van der Waals surface area contributed by atoms with E-state index in [2.05, 4.69) is 16.5 Å². The molecule has 7 heteroatoms. The Labute approximate surface area is 206 Å². The molecule has 184 valence electrons. The third-order valence-electron chi connectivity index (χ3n) is 6.59. The highest BCUT2D eigenvalue weighted by molar-refractivity contribution is 5.87. The lowest BCUT2D eigenvalue weighted by atomic mass is 10.0. The molecule has 4 rings (SSSR count). The fraction of sp³-hybridized carbons (Fsp3) is 0.393. The quantitative estimate of drug-likeness (QED) is 0.365. The molecule has 0 atom stereocenters. The van der Waals surface area contributed by atoms with E-state index in [1.54, 1.807) is 0 Å². The topological polar surface area (TPSA) is 75.9 Å². The van der Waals surface area contributed by atoms with Crippen molar-refractivity contribution in [2.24, 2.45) is 0 Å². The number of piperazine rings is 1. The standard InChI is InChI=1S/C28H33N3O4/c1-19(2)18-34-25-9-8-23-20(3)24(28(33)35-27(23)21(25)4)17-26(32)31-15-13-30(14-16-31)12-10-22-7-5-6-11-29-22/h5-9,11H,1,10,12-18H2,2-4H3. The SMILES string of the molecule is C=C(C)COc1ccc2c(C)c(CC(=O)N3CCN(CCc4ccccn4)CC3)c(=O)oc2c1C. The summed E-state index contributed by atoms with van der Waals surface area (Å²) in [5, 5.41) is 0.826. The maximum Gasteiger partial charge on any atom is 0.340 e. The molecule has 1 saturated heterocycles. The number of hydrogen-bond donors (Lipinski definition) is 0.